The normalized spacial score (nSPS) is 16.1. The molecule has 0 heterocycles. The van der Waals surface area contributed by atoms with E-state index in [9.17, 15) is 13.2 Å². The molecule has 49 heavy (non-hydrogen) atoms. The Labute approximate surface area is 298 Å². The zero-order valence-corrected chi connectivity index (χ0v) is 28.8. The van der Waals surface area contributed by atoms with Gasteiger partial charge in [-0.3, -0.25) is 0 Å². The van der Waals surface area contributed by atoms with Gasteiger partial charge in [-0.2, -0.15) is 13.2 Å². The van der Waals surface area contributed by atoms with Crippen LogP contribution in [0.3, 0.4) is 0 Å². The summed E-state index contributed by atoms with van der Waals surface area (Å²) in [6.07, 6.45) is 10.8. The molecule has 0 radical (unpaired) electrons. The number of allylic oxidation sites excluding steroid dienone is 7. The smallest absolute Gasteiger partial charge is 0.311 e. The summed E-state index contributed by atoms with van der Waals surface area (Å²) >= 11 is 2.22. The monoisotopic (exact) mass is 759 g/mol. The van der Waals surface area contributed by atoms with Gasteiger partial charge < -0.3 is 4.90 Å². The van der Waals surface area contributed by atoms with Crippen LogP contribution in [0.15, 0.2) is 180 Å². The first-order valence-electron chi connectivity index (χ1n) is 15.9. The van der Waals surface area contributed by atoms with Crippen molar-refractivity contribution < 1.29 is 13.2 Å². The molecule has 0 unspecified atom stereocenters. The largest absolute Gasteiger partial charge is 0.416 e. The molecule has 0 amide bonds. The molecule has 5 aromatic carbocycles. The summed E-state index contributed by atoms with van der Waals surface area (Å²) in [4.78, 5) is 1.97. The Morgan fingerprint density at radius 2 is 1.27 bits per heavy atom. The molecular formula is C44H33F3IN. The van der Waals surface area contributed by atoms with Gasteiger partial charge in [-0.15, -0.1) is 0 Å². The van der Waals surface area contributed by atoms with E-state index in [4.69, 9.17) is 0 Å². The lowest BCUT2D eigenvalue weighted by Crippen LogP contribution is -2.30. The Bertz CT molecular complexity index is 2190. The van der Waals surface area contributed by atoms with Crippen LogP contribution in [0.1, 0.15) is 28.7 Å². The minimum Gasteiger partial charge on any atom is -0.311 e. The molecule has 0 N–H and O–H groups in total. The quantitative estimate of drug-likeness (QED) is 0.118. The van der Waals surface area contributed by atoms with Gasteiger partial charge in [0.1, 0.15) is 0 Å². The number of halogens is 4. The second kappa shape index (κ2) is 15.4. The lowest BCUT2D eigenvalue weighted by Gasteiger charge is -2.26. The maximum absolute atomic E-state index is 13.4. The van der Waals surface area contributed by atoms with Gasteiger partial charge in [-0.25, -0.2) is 0 Å². The van der Waals surface area contributed by atoms with Crippen LogP contribution in [0.5, 0.6) is 0 Å². The minimum absolute atomic E-state index is 0.637. The molecule has 0 atom stereocenters. The van der Waals surface area contributed by atoms with Crippen LogP contribution in [-0.4, -0.2) is 0 Å². The highest BCUT2D eigenvalue weighted by atomic mass is 127. The zero-order chi connectivity index (χ0) is 34.2. The Balaban J connectivity index is 1.53. The number of alkyl halides is 3. The summed E-state index contributed by atoms with van der Waals surface area (Å²) < 4.78 is 42.1. The number of para-hydroxylation sites is 1. The first-order valence-corrected chi connectivity index (χ1v) is 17.1. The van der Waals surface area contributed by atoms with Crippen molar-refractivity contribution in [1.82, 2.24) is 0 Å². The first kappa shape index (κ1) is 33.7. The van der Waals surface area contributed by atoms with E-state index < -0.39 is 11.7 Å². The third-order valence-electron chi connectivity index (χ3n) is 8.34. The minimum atomic E-state index is -4.40. The van der Waals surface area contributed by atoms with Gasteiger partial charge in [0.05, 0.1) is 5.56 Å². The third kappa shape index (κ3) is 7.79. The lowest BCUT2D eigenvalue weighted by molar-refractivity contribution is -0.137. The second-order valence-electron chi connectivity index (χ2n) is 11.4. The Morgan fingerprint density at radius 3 is 1.96 bits per heavy atom. The van der Waals surface area contributed by atoms with Crippen molar-refractivity contribution in [1.29, 1.82) is 0 Å². The van der Waals surface area contributed by atoms with Crippen molar-refractivity contribution in [3.8, 4) is 0 Å². The van der Waals surface area contributed by atoms with E-state index in [2.05, 4.69) is 108 Å². The summed E-state index contributed by atoms with van der Waals surface area (Å²) in [6.45, 7) is 4.51. The lowest BCUT2D eigenvalue weighted by atomic mass is 9.89. The summed E-state index contributed by atoms with van der Waals surface area (Å²) in [5.41, 5.74) is 8.01. The van der Waals surface area contributed by atoms with E-state index in [1.807, 2.05) is 75.7 Å². The molecule has 0 saturated heterocycles. The number of anilines is 3. The van der Waals surface area contributed by atoms with E-state index in [0.29, 0.717) is 12.1 Å². The second-order valence-corrected chi connectivity index (χ2v) is 12.2. The number of benzene rings is 5. The molecule has 0 spiro atoms. The number of hydrogen-bond donors (Lipinski definition) is 0. The van der Waals surface area contributed by atoms with Crippen LogP contribution >= 0.6 is 22.6 Å². The molecule has 5 heteroatoms. The van der Waals surface area contributed by atoms with Crippen LogP contribution < -0.4 is 15.3 Å². The van der Waals surface area contributed by atoms with Gasteiger partial charge in [0, 0.05) is 17.1 Å². The van der Waals surface area contributed by atoms with E-state index in [1.54, 1.807) is 0 Å². The summed E-state index contributed by atoms with van der Waals surface area (Å²) in [5, 5.41) is 2.20. The van der Waals surface area contributed by atoms with Gasteiger partial charge in [0.2, 0.25) is 0 Å². The summed E-state index contributed by atoms with van der Waals surface area (Å²) in [6, 6.07) is 40.0. The van der Waals surface area contributed by atoms with Crippen molar-refractivity contribution in [3.63, 3.8) is 0 Å². The first-order chi connectivity index (χ1) is 23.8. The average Bonchev–Trinajstić information content (AvgIpc) is 3.12. The summed E-state index contributed by atoms with van der Waals surface area (Å²) in [7, 11) is 0. The topological polar surface area (TPSA) is 3.24 Å². The molecule has 5 aromatic rings. The van der Waals surface area contributed by atoms with Gasteiger partial charge in [-0.05, 0) is 103 Å². The van der Waals surface area contributed by atoms with Crippen molar-refractivity contribution in [2.24, 2.45) is 0 Å². The maximum Gasteiger partial charge on any atom is 0.416 e. The van der Waals surface area contributed by atoms with Gasteiger partial charge in [-0.1, -0.05) is 151 Å². The molecule has 1 aliphatic carbocycles. The molecule has 6 rings (SSSR count). The van der Waals surface area contributed by atoms with Crippen LogP contribution in [0.25, 0.3) is 17.2 Å². The molecule has 0 bridgehead atoms. The number of fused-ring (bicyclic) bond motifs is 1. The highest BCUT2D eigenvalue weighted by molar-refractivity contribution is 14.1. The molecule has 0 aliphatic heterocycles. The van der Waals surface area contributed by atoms with Crippen LogP contribution in [0.2, 0.25) is 0 Å². The highest BCUT2D eigenvalue weighted by Crippen LogP contribution is 2.37. The van der Waals surface area contributed by atoms with E-state index >= 15 is 0 Å². The van der Waals surface area contributed by atoms with Crippen LogP contribution in [0, 0.1) is 0 Å². The fourth-order valence-corrected chi connectivity index (χ4v) is 6.30. The average molecular weight is 760 g/mol. The number of rotatable bonds is 7. The van der Waals surface area contributed by atoms with Crippen LogP contribution in [0.4, 0.5) is 30.2 Å². The summed E-state index contributed by atoms with van der Waals surface area (Å²) in [5.74, 6) is 0. The Kier molecular flexibility index (Phi) is 10.6. The van der Waals surface area contributed by atoms with E-state index in [0.717, 1.165) is 67.4 Å². The Morgan fingerprint density at radius 1 is 0.653 bits per heavy atom. The maximum atomic E-state index is 13.4. The van der Waals surface area contributed by atoms with Crippen molar-refractivity contribution in [2.45, 2.75) is 12.6 Å². The van der Waals surface area contributed by atoms with Gasteiger partial charge in [0.15, 0.2) is 0 Å². The number of nitrogens with zero attached hydrogens (tertiary/aromatic N) is 1. The fourth-order valence-electron chi connectivity index (χ4n) is 6.06. The third-order valence-corrected chi connectivity index (χ3v) is 8.76. The van der Waals surface area contributed by atoms with E-state index in [-0.39, 0.29) is 0 Å². The van der Waals surface area contributed by atoms with E-state index in [1.165, 1.54) is 12.1 Å². The van der Waals surface area contributed by atoms with Crippen molar-refractivity contribution in [2.75, 3.05) is 4.90 Å². The molecule has 1 nitrogen and oxygen atoms in total. The van der Waals surface area contributed by atoms with Crippen molar-refractivity contribution >= 4 is 56.9 Å². The predicted molar refractivity (Wildman–Crippen MR) is 208 cm³/mol. The molecule has 242 valence electrons. The van der Waals surface area contributed by atoms with Gasteiger partial charge >= 0.3 is 6.18 Å². The molecule has 0 saturated carbocycles. The Hall–Kier alpha value is -5.14. The van der Waals surface area contributed by atoms with Gasteiger partial charge in [0.25, 0.3) is 0 Å². The standard InChI is InChI=1S/C44H33F3IN/c1-32-14-4-2-7-19-39(41-21-10-11-22-42(41)43(32)40-20-9-8-15-33(40)16-12-13-31-48)34-23-27-37(28-24-34)49(36-17-5-3-6-18-36)38-29-25-35(26-30-38)44(45,46)47/h2-18,20-31H,1,19H2/b7-2-,14-4-,16-12-,31-13-,41-39+,43-42?. The molecule has 1 aliphatic rings. The fraction of sp³-hybridized carbons (Fsp3) is 0.0455. The molecular weight excluding hydrogens is 726 g/mol. The predicted octanol–water partition coefficient (Wildman–Crippen LogP) is 11.6. The molecule has 0 aromatic heterocycles. The SMILES string of the molecule is C=C1/C=C\C=C/C/C(c2ccc(N(c3ccccc3)c3ccc(C(F)(F)F)cc3)cc2)=c2/ccccc2=C1c1ccccc1/C=C\C=C/I. The highest BCUT2D eigenvalue weighted by Gasteiger charge is 2.30. The van der Waals surface area contributed by atoms with Crippen LogP contribution in [-0.2, 0) is 6.18 Å². The zero-order valence-electron chi connectivity index (χ0n) is 26.6. The number of hydrogen-bond acceptors (Lipinski definition) is 1. The van der Waals surface area contributed by atoms with Crippen molar-refractivity contribution in [3.05, 3.63) is 213 Å². The molecule has 0 fully saturated rings.